The van der Waals surface area contributed by atoms with Gasteiger partial charge < -0.3 is 9.47 Å². The molecular formula is C27H32BrN3O3. The number of rotatable bonds is 8. The molecule has 0 aliphatic carbocycles. The SMILES string of the molecule is C=CCc1cc(C=Nn2c(C(C)C)nc3ccc(Br)cc3c2=O)cc(OC)c1OCC(C)(C)C. The summed E-state index contributed by atoms with van der Waals surface area (Å²) in [6.07, 6.45) is 4.09. The maximum Gasteiger partial charge on any atom is 0.282 e. The summed E-state index contributed by atoms with van der Waals surface area (Å²) in [6.45, 7) is 14.8. The summed E-state index contributed by atoms with van der Waals surface area (Å²) in [7, 11) is 1.62. The Hall–Kier alpha value is -2.93. The average Bonchev–Trinajstić information content (AvgIpc) is 2.77. The number of halogens is 1. The second-order valence-corrected chi connectivity index (χ2v) is 10.6. The standard InChI is InChI=1S/C27H32BrN3O3/c1-8-9-19-12-18(13-23(33-7)24(19)34-16-27(4,5)6)15-29-31-25(17(2)3)30-22-11-10-20(28)14-21(22)26(31)32/h8,10-15,17H,1,9,16H2,2-7H3. The van der Waals surface area contributed by atoms with Crippen molar-refractivity contribution in [1.82, 2.24) is 9.66 Å². The van der Waals surface area contributed by atoms with Crippen molar-refractivity contribution in [3.05, 3.63) is 74.8 Å². The van der Waals surface area contributed by atoms with Gasteiger partial charge in [0.05, 0.1) is 30.8 Å². The summed E-state index contributed by atoms with van der Waals surface area (Å²) in [6, 6.07) is 9.33. The Balaban J connectivity index is 2.10. The Kier molecular flexibility index (Phi) is 7.97. The van der Waals surface area contributed by atoms with Gasteiger partial charge in [-0.05, 0) is 47.7 Å². The maximum atomic E-state index is 13.3. The van der Waals surface area contributed by atoms with E-state index >= 15 is 0 Å². The zero-order valence-electron chi connectivity index (χ0n) is 20.7. The molecule has 3 rings (SSSR count). The monoisotopic (exact) mass is 525 g/mol. The van der Waals surface area contributed by atoms with E-state index in [2.05, 4.69) is 48.4 Å². The molecule has 0 bridgehead atoms. The van der Waals surface area contributed by atoms with Crippen LogP contribution in [0.5, 0.6) is 11.5 Å². The number of nitrogens with zero attached hydrogens (tertiary/aromatic N) is 3. The minimum Gasteiger partial charge on any atom is -0.493 e. The molecule has 2 aromatic carbocycles. The van der Waals surface area contributed by atoms with Crippen LogP contribution in [0.1, 0.15) is 57.5 Å². The number of benzene rings is 2. The van der Waals surface area contributed by atoms with Crippen molar-refractivity contribution in [3.63, 3.8) is 0 Å². The maximum absolute atomic E-state index is 13.3. The fourth-order valence-corrected chi connectivity index (χ4v) is 3.81. The summed E-state index contributed by atoms with van der Waals surface area (Å²) in [5.41, 5.74) is 2.17. The highest BCUT2D eigenvalue weighted by atomic mass is 79.9. The molecule has 0 atom stereocenters. The first kappa shape index (κ1) is 25.7. The van der Waals surface area contributed by atoms with Crippen LogP contribution in [0.4, 0.5) is 0 Å². The first-order valence-corrected chi connectivity index (χ1v) is 12.0. The van der Waals surface area contributed by atoms with Gasteiger partial charge in [0.15, 0.2) is 11.5 Å². The molecule has 0 aliphatic heterocycles. The topological polar surface area (TPSA) is 65.7 Å². The molecule has 180 valence electrons. The Labute approximate surface area is 209 Å². The summed E-state index contributed by atoms with van der Waals surface area (Å²) in [5.74, 6) is 1.92. The van der Waals surface area contributed by atoms with Gasteiger partial charge in [-0.25, -0.2) is 4.98 Å². The van der Waals surface area contributed by atoms with Crippen molar-refractivity contribution < 1.29 is 9.47 Å². The minimum absolute atomic E-state index is 0.00306. The molecule has 3 aromatic rings. The van der Waals surface area contributed by atoms with Crippen LogP contribution in [-0.2, 0) is 6.42 Å². The Bertz CT molecular complexity index is 1290. The quantitative estimate of drug-likeness (QED) is 0.254. The van der Waals surface area contributed by atoms with Crippen LogP contribution in [-0.4, -0.2) is 29.6 Å². The number of ether oxygens (including phenoxy) is 2. The molecule has 0 spiro atoms. The van der Waals surface area contributed by atoms with Crippen LogP contribution in [0.15, 0.2) is 57.4 Å². The van der Waals surface area contributed by atoms with E-state index in [0.29, 0.717) is 41.3 Å². The van der Waals surface area contributed by atoms with Crippen molar-refractivity contribution in [2.75, 3.05) is 13.7 Å². The van der Waals surface area contributed by atoms with E-state index in [1.54, 1.807) is 19.4 Å². The van der Waals surface area contributed by atoms with E-state index in [1.165, 1.54) is 4.68 Å². The Morgan fingerprint density at radius 1 is 1.24 bits per heavy atom. The van der Waals surface area contributed by atoms with Crippen LogP contribution in [0.25, 0.3) is 10.9 Å². The highest BCUT2D eigenvalue weighted by Crippen LogP contribution is 2.34. The molecule has 0 saturated heterocycles. The molecule has 0 radical (unpaired) electrons. The number of allylic oxidation sites excluding steroid dienone is 1. The third-order valence-electron chi connectivity index (χ3n) is 5.06. The first-order valence-electron chi connectivity index (χ1n) is 11.2. The first-order chi connectivity index (χ1) is 16.0. The van der Waals surface area contributed by atoms with E-state index in [4.69, 9.17) is 14.5 Å². The zero-order chi connectivity index (χ0) is 25.0. The number of aromatic nitrogens is 2. The molecule has 0 fully saturated rings. The van der Waals surface area contributed by atoms with Crippen molar-refractivity contribution in [2.24, 2.45) is 10.5 Å². The van der Waals surface area contributed by atoms with Crippen LogP contribution in [0.3, 0.4) is 0 Å². The van der Waals surface area contributed by atoms with Gasteiger partial charge in [0, 0.05) is 16.0 Å². The van der Waals surface area contributed by atoms with Gasteiger partial charge >= 0.3 is 0 Å². The van der Waals surface area contributed by atoms with Gasteiger partial charge in [-0.3, -0.25) is 4.79 Å². The highest BCUT2D eigenvalue weighted by molar-refractivity contribution is 9.10. The number of methoxy groups -OCH3 is 1. The third kappa shape index (κ3) is 5.95. The van der Waals surface area contributed by atoms with Crippen molar-refractivity contribution >= 4 is 33.0 Å². The van der Waals surface area contributed by atoms with Crippen LogP contribution in [0.2, 0.25) is 0 Å². The number of hydrogen-bond acceptors (Lipinski definition) is 5. The second kappa shape index (κ2) is 10.6. The fraction of sp³-hybridized carbons (Fsp3) is 0.370. The smallest absolute Gasteiger partial charge is 0.282 e. The Morgan fingerprint density at radius 3 is 2.59 bits per heavy atom. The molecule has 0 amide bonds. The summed E-state index contributed by atoms with van der Waals surface area (Å²) < 4.78 is 14.0. The van der Waals surface area contributed by atoms with Crippen LogP contribution in [0, 0.1) is 5.41 Å². The zero-order valence-corrected chi connectivity index (χ0v) is 22.3. The van der Waals surface area contributed by atoms with Crippen molar-refractivity contribution in [1.29, 1.82) is 0 Å². The molecule has 7 heteroatoms. The lowest BCUT2D eigenvalue weighted by Crippen LogP contribution is -2.23. The second-order valence-electron chi connectivity index (χ2n) is 9.70. The molecule has 0 aliphatic rings. The van der Waals surface area contributed by atoms with Gasteiger partial charge in [0.2, 0.25) is 0 Å². The van der Waals surface area contributed by atoms with Gasteiger partial charge in [-0.2, -0.15) is 9.78 Å². The predicted octanol–water partition coefficient (Wildman–Crippen LogP) is 6.33. The molecule has 1 aromatic heterocycles. The minimum atomic E-state index is -0.213. The largest absolute Gasteiger partial charge is 0.493 e. The number of hydrogen-bond donors (Lipinski definition) is 0. The van der Waals surface area contributed by atoms with E-state index in [9.17, 15) is 4.79 Å². The Morgan fingerprint density at radius 2 is 1.97 bits per heavy atom. The van der Waals surface area contributed by atoms with Gasteiger partial charge in [-0.1, -0.05) is 56.6 Å². The van der Waals surface area contributed by atoms with Crippen molar-refractivity contribution in [3.8, 4) is 11.5 Å². The highest BCUT2D eigenvalue weighted by Gasteiger charge is 2.18. The summed E-state index contributed by atoms with van der Waals surface area (Å²) in [4.78, 5) is 18.0. The average molecular weight is 526 g/mol. The van der Waals surface area contributed by atoms with E-state index in [-0.39, 0.29) is 16.9 Å². The van der Waals surface area contributed by atoms with E-state index in [1.807, 2.05) is 44.2 Å². The molecule has 0 saturated carbocycles. The molecule has 34 heavy (non-hydrogen) atoms. The summed E-state index contributed by atoms with van der Waals surface area (Å²) >= 11 is 3.44. The van der Waals surface area contributed by atoms with Crippen LogP contribution >= 0.6 is 15.9 Å². The van der Waals surface area contributed by atoms with Gasteiger partial charge in [0.25, 0.3) is 5.56 Å². The van der Waals surface area contributed by atoms with Crippen LogP contribution < -0.4 is 15.0 Å². The van der Waals surface area contributed by atoms with Gasteiger partial charge in [0.1, 0.15) is 5.82 Å². The van der Waals surface area contributed by atoms with E-state index < -0.39 is 0 Å². The van der Waals surface area contributed by atoms with E-state index in [0.717, 1.165) is 15.6 Å². The lowest BCUT2D eigenvalue weighted by atomic mass is 9.98. The molecule has 6 nitrogen and oxygen atoms in total. The predicted molar refractivity (Wildman–Crippen MR) is 143 cm³/mol. The lowest BCUT2D eigenvalue weighted by molar-refractivity contribution is 0.190. The van der Waals surface area contributed by atoms with Gasteiger partial charge in [-0.15, -0.1) is 6.58 Å². The molecule has 0 N–H and O–H groups in total. The van der Waals surface area contributed by atoms with Crippen molar-refractivity contribution in [2.45, 2.75) is 47.0 Å². The molecule has 1 heterocycles. The third-order valence-corrected chi connectivity index (χ3v) is 5.55. The molecular weight excluding hydrogens is 494 g/mol. The normalized spacial score (nSPS) is 12.0. The lowest BCUT2D eigenvalue weighted by Gasteiger charge is -2.22. The fourth-order valence-electron chi connectivity index (χ4n) is 3.44. The number of fused-ring (bicyclic) bond motifs is 1. The summed E-state index contributed by atoms with van der Waals surface area (Å²) in [5, 5.41) is 5.05. The molecule has 0 unspecified atom stereocenters.